The maximum absolute atomic E-state index is 12.5. The number of hydrogen-bond acceptors (Lipinski definition) is 2. The molecule has 2 rings (SSSR count). The van der Waals surface area contributed by atoms with Crippen LogP contribution in [-0.4, -0.2) is 12.0 Å². The van der Waals surface area contributed by atoms with Crippen molar-refractivity contribution in [2.75, 3.05) is 5.32 Å². The minimum Gasteiger partial charge on any atom is -0.480 e. The molecule has 1 N–H and O–H groups in total. The van der Waals surface area contributed by atoms with Crippen LogP contribution in [0.4, 0.5) is 5.69 Å². The lowest BCUT2D eigenvalue weighted by molar-refractivity contribution is -0.122. The SMILES string of the molecule is CC[C@@H](Oc1ccc(C)cc1C)C(=O)Nc1ccc(C)c(C)c1. The van der Waals surface area contributed by atoms with E-state index in [2.05, 4.69) is 18.3 Å². The Labute approximate surface area is 138 Å². The Hall–Kier alpha value is -2.29. The van der Waals surface area contributed by atoms with Crippen molar-refractivity contribution in [3.8, 4) is 5.75 Å². The van der Waals surface area contributed by atoms with E-state index in [1.165, 1.54) is 11.1 Å². The fraction of sp³-hybridized carbons (Fsp3) is 0.350. The summed E-state index contributed by atoms with van der Waals surface area (Å²) in [5.41, 5.74) is 5.40. The molecule has 3 nitrogen and oxygen atoms in total. The summed E-state index contributed by atoms with van der Waals surface area (Å²) < 4.78 is 5.93. The van der Waals surface area contributed by atoms with Gasteiger partial charge in [-0.15, -0.1) is 0 Å². The summed E-state index contributed by atoms with van der Waals surface area (Å²) >= 11 is 0. The fourth-order valence-corrected chi connectivity index (χ4v) is 2.45. The molecule has 122 valence electrons. The molecular weight excluding hydrogens is 286 g/mol. The molecule has 3 heteroatoms. The molecule has 2 aromatic rings. The predicted molar refractivity (Wildman–Crippen MR) is 95.2 cm³/mol. The van der Waals surface area contributed by atoms with Crippen molar-refractivity contribution in [3.05, 3.63) is 58.7 Å². The van der Waals surface area contributed by atoms with E-state index in [0.717, 1.165) is 22.6 Å². The summed E-state index contributed by atoms with van der Waals surface area (Å²) in [6.07, 6.45) is 0.113. The summed E-state index contributed by atoms with van der Waals surface area (Å²) in [7, 11) is 0. The van der Waals surface area contributed by atoms with Gasteiger partial charge in [0.2, 0.25) is 0 Å². The summed E-state index contributed by atoms with van der Waals surface area (Å²) in [4.78, 5) is 12.5. The van der Waals surface area contributed by atoms with Crippen LogP contribution in [0.3, 0.4) is 0 Å². The van der Waals surface area contributed by atoms with E-state index in [-0.39, 0.29) is 5.91 Å². The number of amides is 1. The van der Waals surface area contributed by atoms with E-state index >= 15 is 0 Å². The van der Waals surface area contributed by atoms with E-state index in [1.54, 1.807) is 0 Å². The third kappa shape index (κ3) is 4.35. The highest BCUT2D eigenvalue weighted by Crippen LogP contribution is 2.22. The molecule has 0 heterocycles. The van der Waals surface area contributed by atoms with Crippen LogP contribution in [0.25, 0.3) is 0 Å². The zero-order valence-electron chi connectivity index (χ0n) is 14.6. The molecule has 1 amide bonds. The zero-order valence-corrected chi connectivity index (χ0v) is 14.6. The van der Waals surface area contributed by atoms with Crippen LogP contribution < -0.4 is 10.1 Å². The standard InChI is InChI=1S/C20H25NO2/c1-6-18(23-19-10-7-13(2)11-16(19)5)20(22)21-17-9-8-14(3)15(4)12-17/h7-12,18H,6H2,1-5H3,(H,21,22)/t18-/m1/s1. The van der Waals surface area contributed by atoms with Crippen molar-refractivity contribution in [1.29, 1.82) is 0 Å². The molecule has 0 saturated carbocycles. The predicted octanol–water partition coefficient (Wildman–Crippen LogP) is 4.72. The average Bonchev–Trinajstić information content (AvgIpc) is 2.50. The molecule has 0 aromatic heterocycles. The van der Waals surface area contributed by atoms with Crippen molar-refractivity contribution in [1.82, 2.24) is 0 Å². The number of hydrogen-bond donors (Lipinski definition) is 1. The van der Waals surface area contributed by atoms with Crippen molar-refractivity contribution in [2.24, 2.45) is 0 Å². The van der Waals surface area contributed by atoms with Crippen LogP contribution in [0.1, 0.15) is 35.6 Å². The van der Waals surface area contributed by atoms with Gasteiger partial charge in [0.15, 0.2) is 6.10 Å². The van der Waals surface area contributed by atoms with Gasteiger partial charge in [0.05, 0.1) is 0 Å². The minimum absolute atomic E-state index is 0.115. The van der Waals surface area contributed by atoms with Crippen molar-refractivity contribution < 1.29 is 9.53 Å². The van der Waals surface area contributed by atoms with Gasteiger partial charge in [-0.05, 0) is 69.0 Å². The maximum Gasteiger partial charge on any atom is 0.265 e. The summed E-state index contributed by atoms with van der Waals surface area (Å²) in [5, 5.41) is 2.95. The quantitative estimate of drug-likeness (QED) is 0.868. The van der Waals surface area contributed by atoms with E-state index in [4.69, 9.17) is 4.74 Å². The van der Waals surface area contributed by atoms with Gasteiger partial charge < -0.3 is 10.1 Å². The van der Waals surface area contributed by atoms with Crippen LogP contribution in [0.15, 0.2) is 36.4 Å². The molecule has 0 unspecified atom stereocenters. The highest BCUT2D eigenvalue weighted by Gasteiger charge is 2.19. The molecule has 0 aliphatic carbocycles. The first-order valence-corrected chi connectivity index (χ1v) is 8.02. The van der Waals surface area contributed by atoms with Gasteiger partial charge in [-0.3, -0.25) is 4.79 Å². The normalized spacial score (nSPS) is 11.9. The highest BCUT2D eigenvalue weighted by atomic mass is 16.5. The van der Waals surface area contributed by atoms with Crippen molar-refractivity contribution in [2.45, 2.75) is 47.1 Å². The third-order valence-electron chi connectivity index (χ3n) is 4.04. The van der Waals surface area contributed by atoms with Gasteiger partial charge in [0.1, 0.15) is 5.75 Å². The average molecular weight is 311 g/mol. The Bertz CT molecular complexity index is 707. The second-order valence-electron chi connectivity index (χ2n) is 6.07. The molecule has 1 atom stereocenters. The first-order chi connectivity index (χ1) is 10.9. The van der Waals surface area contributed by atoms with Crippen LogP contribution >= 0.6 is 0 Å². The minimum atomic E-state index is -0.502. The van der Waals surface area contributed by atoms with Gasteiger partial charge in [-0.1, -0.05) is 30.7 Å². The molecule has 23 heavy (non-hydrogen) atoms. The van der Waals surface area contributed by atoms with Crippen LogP contribution in [-0.2, 0) is 4.79 Å². The number of rotatable bonds is 5. The Morgan fingerprint density at radius 3 is 2.35 bits per heavy atom. The number of anilines is 1. The number of aryl methyl sites for hydroxylation is 4. The topological polar surface area (TPSA) is 38.3 Å². The molecule has 0 saturated heterocycles. The lowest BCUT2D eigenvalue weighted by atomic mass is 10.1. The Balaban J connectivity index is 2.10. The molecule has 0 radical (unpaired) electrons. The van der Waals surface area contributed by atoms with Crippen LogP contribution in [0, 0.1) is 27.7 Å². The number of ether oxygens (including phenoxy) is 1. The number of nitrogens with one attached hydrogen (secondary N) is 1. The number of carbonyl (C=O) groups excluding carboxylic acids is 1. The van der Waals surface area contributed by atoms with E-state index in [9.17, 15) is 4.79 Å². The van der Waals surface area contributed by atoms with E-state index in [1.807, 2.05) is 58.0 Å². The summed E-state index contributed by atoms with van der Waals surface area (Å²) in [6, 6.07) is 11.9. The lowest BCUT2D eigenvalue weighted by Crippen LogP contribution is -2.32. The smallest absolute Gasteiger partial charge is 0.265 e. The molecule has 0 bridgehead atoms. The molecule has 0 spiro atoms. The van der Waals surface area contributed by atoms with Crippen molar-refractivity contribution in [3.63, 3.8) is 0 Å². The van der Waals surface area contributed by atoms with E-state index in [0.29, 0.717) is 6.42 Å². The van der Waals surface area contributed by atoms with Gasteiger partial charge >= 0.3 is 0 Å². The van der Waals surface area contributed by atoms with Gasteiger partial charge in [0.25, 0.3) is 5.91 Å². The van der Waals surface area contributed by atoms with Crippen LogP contribution in [0.2, 0.25) is 0 Å². The van der Waals surface area contributed by atoms with Crippen LogP contribution in [0.5, 0.6) is 5.75 Å². The summed E-state index contributed by atoms with van der Waals surface area (Å²) in [5.74, 6) is 0.647. The second-order valence-corrected chi connectivity index (χ2v) is 6.07. The largest absolute Gasteiger partial charge is 0.480 e. The Kier molecular flexibility index (Phi) is 5.43. The zero-order chi connectivity index (χ0) is 17.0. The third-order valence-corrected chi connectivity index (χ3v) is 4.04. The fourth-order valence-electron chi connectivity index (χ4n) is 2.45. The molecule has 0 aliphatic rings. The monoisotopic (exact) mass is 311 g/mol. The first-order valence-electron chi connectivity index (χ1n) is 8.02. The van der Waals surface area contributed by atoms with Gasteiger partial charge in [0, 0.05) is 5.69 Å². The number of benzene rings is 2. The molecule has 0 aliphatic heterocycles. The van der Waals surface area contributed by atoms with Gasteiger partial charge in [-0.25, -0.2) is 0 Å². The van der Waals surface area contributed by atoms with Gasteiger partial charge in [-0.2, -0.15) is 0 Å². The Morgan fingerprint density at radius 1 is 1.00 bits per heavy atom. The number of carbonyl (C=O) groups is 1. The molecular formula is C20H25NO2. The summed E-state index contributed by atoms with van der Waals surface area (Å²) in [6.45, 7) is 10.1. The lowest BCUT2D eigenvalue weighted by Gasteiger charge is -2.19. The molecule has 0 fully saturated rings. The highest BCUT2D eigenvalue weighted by molar-refractivity contribution is 5.94. The maximum atomic E-state index is 12.5. The second kappa shape index (κ2) is 7.32. The van der Waals surface area contributed by atoms with Crippen molar-refractivity contribution >= 4 is 11.6 Å². The first kappa shape index (κ1) is 17.1. The Morgan fingerprint density at radius 2 is 1.74 bits per heavy atom. The molecule has 2 aromatic carbocycles. The van der Waals surface area contributed by atoms with E-state index < -0.39 is 6.10 Å².